The van der Waals surface area contributed by atoms with Crippen molar-refractivity contribution in [3.63, 3.8) is 0 Å². The quantitative estimate of drug-likeness (QED) is 0.338. The fourth-order valence-corrected chi connectivity index (χ4v) is 4.71. The van der Waals surface area contributed by atoms with Crippen LogP contribution in [0.15, 0.2) is 88.2 Å². The van der Waals surface area contributed by atoms with Gasteiger partial charge in [0.1, 0.15) is 18.1 Å². The number of imide groups is 1. The van der Waals surface area contributed by atoms with E-state index in [2.05, 4.69) is 5.32 Å². The zero-order valence-corrected chi connectivity index (χ0v) is 19.5. The molecule has 1 fully saturated rings. The molecule has 0 saturated carbocycles. The standard InChI is InChI=1S/C27H18N2O6S/c30-24(28-21-11-5-7-16-6-1-2-8-18(16)21)15-29-25(31)23(36-27(29)34)14-17-12-13-22(35-17)19-9-3-4-10-20(19)26(32)33/h1-14H,15H2,(H,28,30)(H,32,33)/b23-14-. The van der Waals surface area contributed by atoms with E-state index >= 15 is 0 Å². The molecule has 36 heavy (non-hydrogen) atoms. The number of nitrogens with zero attached hydrogens (tertiary/aromatic N) is 1. The van der Waals surface area contributed by atoms with Gasteiger partial charge in [-0.2, -0.15) is 0 Å². The number of carbonyl (C=O) groups is 4. The van der Waals surface area contributed by atoms with Gasteiger partial charge in [-0.25, -0.2) is 4.79 Å². The number of benzene rings is 3. The lowest BCUT2D eigenvalue weighted by Crippen LogP contribution is -2.36. The molecule has 0 aliphatic carbocycles. The summed E-state index contributed by atoms with van der Waals surface area (Å²) in [6, 6.07) is 22.6. The van der Waals surface area contributed by atoms with Crippen LogP contribution >= 0.6 is 11.8 Å². The van der Waals surface area contributed by atoms with Crippen molar-refractivity contribution in [2.45, 2.75) is 0 Å². The number of carboxylic acids is 1. The number of carboxylic acid groups (broad SMARTS) is 1. The highest BCUT2D eigenvalue weighted by atomic mass is 32.2. The molecule has 0 radical (unpaired) electrons. The van der Waals surface area contributed by atoms with Crippen molar-refractivity contribution < 1.29 is 28.7 Å². The molecule has 2 heterocycles. The van der Waals surface area contributed by atoms with E-state index in [-0.39, 0.29) is 16.2 Å². The molecule has 2 N–H and O–H groups in total. The first-order valence-corrected chi connectivity index (χ1v) is 11.7. The molecule has 1 aliphatic heterocycles. The highest BCUT2D eigenvalue weighted by molar-refractivity contribution is 8.18. The average Bonchev–Trinajstić information content (AvgIpc) is 3.44. The van der Waals surface area contributed by atoms with Crippen LogP contribution in [0.3, 0.4) is 0 Å². The summed E-state index contributed by atoms with van der Waals surface area (Å²) in [6.45, 7) is -0.430. The van der Waals surface area contributed by atoms with Crippen LogP contribution < -0.4 is 5.32 Å². The molecule has 4 aromatic rings. The van der Waals surface area contributed by atoms with Crippen LogP contribution in [-0.4, -0.2) is 39.6 Å². The Bertz CT molecular complexity index is 1570. The van der Waals surface area contributed by atoms with Gasteiger partial charge in [0.15, 0.2) is 0 Å². The number of hydrogen-bond donors (Lipinski definition) is 2. The lowest BCUT2D eigenvalue weighted by Gasteiger charge is -2.13. The van der Waals surface area contributed by atoms with E-state index in [9.17, 15) is 24.3 Å². The summed E-state index contributed by atoms with van der Waals surface area (Å²) >= 11 is 0.705. The van der Waals surface area contributed by atoms with E-state index in [4.69, 9.17) is 4.42 Å². The lowest BCUT2D eigenvalue weighted by atomic mass is 10.1. The number of furan rings is 1. The van der Waals surface area contributed by atoms with E-state index in [0.717, 1.165) is 15.7 Å². The van der Waals surface area contributed by atoms with Crippen molar-refractivity contribution in [3.8, 4) is 11.3 Å². The molecule has 1 aliphatic rings. The van der Waals surface area contributed by atoms with Crippen LogP contribution in [0.2, 0.25) is 0 Å². The highest BCUT2D eigenvalue weighted by Gasteiger charge is 2.36. The second-order valence-electron chi connectivity index (χ2n) is 7.90. The molecular formula is C27H18N2O6S. The maximum absolute atomic E-state index is 12.9. The van der Waals surface area contributed by atoms with Gasteiger partial charge in [-0.3, -0.25) is 19.3 Å². The maximum Gasteiger partial charge on any atom is 0.336 e. The minimum Gasteiger partial charge on any atom is -0.478 e. The molecule has 9 heteroatoms. The van der Waals surface area contributed by atoms with Gasteiger partial charge in [0, 0.05) is 22.7 Å². The van der Waals surface area contributed by atoms with E-state index < -0.39 is 29.6 Å². The van der Waals surface area contributed by atoms with Crippen LogP contribution in [-0.2, 0) is 9.59 Å². The summed E-state index contributed by atoms with van der Waals surface area (Å²) in [4.78, 5) is 50.5. The lowest BCUT2D eigenvalue weighted by molar-refractivity contribution is -0.127. The molecular weight excluding hydrogens is 480 g/mol. The van der Waals surface area contributed by atoms with Gasteiger partial charge in [0.05, 0.1) is 10.5 Å². The van der Waals surface area contributed by atoms with Crippen LogP contribution in [0.25, 0.3) is 28.2 Å². The molecule has 0 atom stereocenters. The Balaban J connectivity index is 1.31. The predicted octanol–water partition coefficient (Wildman–Crippen LogP) is 5.47. The number of hydrogen-bond acceptors (Lipinski definition) is 6. The van der Waals surface area contributed by atoms with Crippen LogP contribution in [0, 0.1) is 0 Å². The molecule has 1 aromatic heterocycles. The summed E-state index contributed by atoms with van der Waals surface area (Å²) in [5, 5.41) is 13.4. The largest absolute Gasteiger partial charge is 0.478 e. The summed E-state index contributed by atoms with van der Waals surface area (Å²) in [7, 11) is 0. The molecule has 178 valence electrons. The molecule has 0 unspecified atom stereocenters. The number of fused-ring (bicyclic) bond motifs is 1. The predicted molar refractivity (Wildman–Crippen MR) is 136 cm³/mol. The Morgan fingerprint density at radius 1 is 0.944 bits per heavy atom. The SMILES string of the molecule is O=C(CN1C(=O)S/C(=C\c2ccc(-c3ccccc3C(=O)O)o2)C1=O)Nc1cccc2ccccc12. The first kappa shape index (κ1) is 23.1. The van der Waals surface area contributed by atoms with Crippen molar-refractivity contribution >= 4 is 57.3 Å². The average molecular weight is 499 g/mol. The molecule has 3 aromatic carbocycles. The van der Waals surface area contributed by atoms with Gasteiger partial charge in [0.25, 0.3) is 11.1 Å². The summed E-state index contributed by atoms with van der Waals surface area (Å²) in [5.41, 5.74) is 1.06. The first-order valence-electron chi connectivity index (χ1n) is 10.9. The molecule has 0 spiro atoms. The van der Waals surface area contributed by atoms with Crippen LogP contribution in [0.1, 0.15) is 16.1 Å². The zero-order chi connectivity index (χ0) is 25.2. The van der Waals surface area contributed by atoms with E-state index in [1.807, 2.05) is 36.4 Å². The molecule has 8 nitrogen and oxygen atoms in total. The van der Waals surface area contributed by atoms with Gasteiger partial charge in [-0.1, -0.05) is 54.6 Å². The van der Waals surface area contributed by atoms with Gasteiger partial charge < -0.3 is 14.8 Å². The second kappa shape index (κ2) is 9.55. The molecule has 1 saturated heterocycles. The van der Waals surface area contributed by atoms with Crippen LogP contribution in [0.5, 0.6) is 0 Å². The van der Waals surface area contributed by atoms with Gasteiger partial charge in [0.2, 0.25) is 5.91 Å². The van der Waals surface area contributed by atoms with Crippen molar-refractivity contribution in [2.75, 3.05) is 11.9 Å². The summed E-state index contributed by atoms with van der Waals surface area (Å²) in [6.07, 6.45) is 1.40. The third kappa shape index (κ3) is 4.51. The Kier molecular flexibility index (Phi) is 6.14. The van der Waals surface area contributed by atoms with Crippen molar-refractivity contribution in [2.24, 2.45) is 0 Å². The number of anilines is 1. The van der Waals surface area contributed by atoms with E-state index in [1.54, 1.807) is 36.4 Å². The smallest absolute Gasteiger partial charge is 0.336 e. The number of amides is 3. The highest BCUT2D eigenvalue weighted by Crippen LogP contribution is 2.34. The fraction of sp³-hybridized carbons (Fsp3) is 0.0370. The number of thioether (sulfide) groups is 1. The maximum atomic E-state index is 12.9. The third-order valence-corrected chi connectivity index (χ3v) is 6.47. The third-order valence-electron chi connectivity index (χ3n) is 5.56. The topological polar surface area (TPSA) is 117 Å². The van der Waals surface area contributed by atoms with Gasteiger partial charge in [-0.15, -0.1) is 0 Å². The van der Waals surface area contributed by atoms with Gasteiger partial charge in [-0.05, 0) is 41.4 Å². The molecule has 3 amide bonds. The monoisotopic (exact) mass is 498 g/mol. The molecule has 5 rings (SSSR count). The minimum atomic E-state index is -1.09. The normalized spacial score (nSPS) is 14.6. The van der Waals surface area contributed by atoms with Crippen molar-refractivity contribution in [1.29, 1.82) is 0 Å². The summed E-state index contributed by atoms with van der Waals surface area (Å²) < 4.78 is 5.73. The number of carbonyl (C=O) groups excluding carboxylic acids is 3. The van der Waals surface area contributed by atoms with Gasteiger partial charge >= 0.3 is 5.97 Å². The van der Waals surface area contributed by atoms with Crippen LogP contribution in [0.4, 0.5) is 10.5 Å². The van der Waals surface area contributed by atoms with E-state index in [0.29, 0.717) is 28.8 Å². The van der Waals surface area contributed by atoms with Crippen molar-refractivity contribution in [1.82, 2.24) is 4.90 Å². The Labute approximate surface area is 209 Å². The Morgan fingerprint density at radius 3 is 2.53 bits per heavy atom. The number of nitrogens with one attached hydrogen (secondary N) is 1. The number of rotatable bonds is 6. The van der Waals surface area contributed by atoms with Crippen molar-refractivity contribution in [3.05, 3.63) is 95.1 Å². The first-order chi connectivity index (χ1) is 17.4. The summed E-state index contributed by atoms with van der Waals surface area (Å²) in [5.74, 6) is -1.61. The minimum absolute atomic E-state index is 0.0796. The molecule has 0 bridgehead atoms. The van der Waals surface area contributed by atoms with E-state index in [1.165, 1.54) is 12.1 Å². The Hall–Kier alpha value is -4.63. The number of aromatic carboxylic acids is 1. The Morgan fingerprint density at radius 2 is 1.69 bits per heavy atom. The fourth-order valence-electron chi connectivity index (χ4n) is 3.89. The zero-order valence-electron chi connectivity index (χ0n) is 18.6. The second-order valence-corrected chi connectivity index (χ2v) is 8.89.